The zero-order valence-electron chi connectivity index (χ0n) is 14.3. The molecular formula is C12H15N5O9S2. The molecule has 1 atom stereocenters. The zero-order chi connectivity index (χ0) is 21.3. The lowest BCUT2D eigenvalue weighted by Gasteiger charge is -2.35. The predicted molar refractivity (Wildman–Crippen MR) is 92.1 cm³/mol. The number of hydrogen-bond acceptors (Lipinski definition) is 11. The van der Waals surface area contributed by atoms with Gasteiger partial charge in [-0.05, 0) is 13.8 Å². The number of thiazole rings is 1. The number of carbonyl (C=O) groups excluding carboxylic acids is 2. The van der Waals surface area contributed by atoms with Crippen molar-refractivity contribution in [1.82, 2.24) is 15.4 Å². The van der Waals surface area contributed by atoms with E-state index in [9.17, 15) is 22.8 Å². The van der Waals surface area contributed by atoms with E-state index < -0.39 is 45.5 Å². The lowest BCUT2D eigenvalue weighted by atomic mass is 10.1. The third kappa shape index (κ3) is 5.12. The van der Waals surface area contributed by atoms with E-state index in [-0.39, 0.29) is 17.4 Å². The fraction of sp³-hybridized carbons (Fsp3) is 0.417. The molecule has 154 valence electrons. The topological polar surface area (TPSA) is 211 Å². The maximum absolute atomic E-state index is 12.5. The quantitative estimate of drug-likeness (QED) is 0.157. The van der Waals surface area contributed by atoms with E-state index >= 15 is 0 Å². The number of β-lactam (4-membered cyclic amide) rings is 1. The molecule has 2 amide bonds. The SMILES string of the molecule is CC(C)(O/N=C(/C(=O)N[C@H]1CN(OS(=O)(=O)O)C1=O)c1csc(N)n1)C(=O)O. The molecule has 0 unspecified atom stereocenters. The number of amides is 2. The summed E-state index contributed by atoms with van der Waals surface area (Å²) in [6.07, 6.45) is 0. The molecule has 1 aromatic rings. The lowest BCUT2D eigenvalue weighted by molar-refractivity contribution is -0.181. The van der Waals surface area contributed by atoms with Crippen LogP contribution in [0.3, 0.4) is 0 Å². The lowest BCUT2D eigenvalue weighted by Crippen LogP contribution is -2.64. The van der Waals surface area contributed by atoms with E-state index in [2.05, 4.69) is 19.7 Å². The first-order valence-electron chi connectivity index (χ1n) is 7.30. The van der Waals surface area contributed by atoms with Gasteiger partial charge in [-0.15, -0.1) is 15.6 Å². The monoisotopic (exact) mass is 437 g/mol. The van der Waals surface area contributed by atoms with E-state index in [1.54, 1.807) is 0 Å². The third-order valence-corrected chi connectivity index (χ3v) is 4.28. The van der Waals surface area contributed by atoms with Gasteiger partial charge in [0.05, 0.1) is 6.54 Å². The van der Waals surface area contributed by atoms with Crippen LogP contribution >= 0.6 is 11.3 Å². The van der Waals surface area contributed by atoms with Crippen molar-refractivity contribution in [3.63, 3.8) is 0 Å². The summed E-state index contributed by atoms with van der Waals surface area (Å²) >= 11 is 0.980. The van der Waals surface area contributed by atoms with E-state index in [0.29, 0.717) is 5.06 Å². The van der Waals surface area contributed by atoms with Crippen molar-refractivity contribution in [2.45, 2.75) is 25.5 Å². The average molecular weight is 437 g/mol. The molecule has 28 heavy (non-hydrogen) atoms. The minimum Gasteiger partial charge on any atom is -0.478 e. The highest BCUT2D eigenvalue weighted by molar-refractivity contribution is 7.80. The fourth-order valence-corrected chi connectivity index (χ4v) is 2.62. The number of anilines is 1. The fourth-order valence-electron chi connectivity index (χ4n) is 1.71. The van der Waals surface area contributed by atoms with Crippen LogP contribution in [-0.4, -0.2) is 69.8 Å². The number of nitrogens with two attached hydrogens (primary N) is 1. The molecule has 0 aromatic carbocycles. The van der Waals surface area contributed by atoms with Gasteiger partial charge in [0, 0.05) is 5.38 Å². The van der Waals surface area contributed by atoms with Crippen molar-refractivity contribution in [1.29, 1.82) is 0 Å². The van der Waals surface area contributed by atoms with Gasteiger partial charge in [0.1, 0.15) is 11.7 Å². The largest absolute Gasteiger partial charge is 0.478 e. The van der Waals surface area contributed by atoms with Crippen LogP contribution in [-0.2, 0) is 33.9 Å². The first kappa shape index (κ1) is 21.5. The number of hydroxylamine groups is 2. The Labute approximate surface area is 161 Å². The zero-order valence-corrected chi connectivity index (χ0v) is 16.0. The van der Waals surface area contributed by atoms with E-state index in [1.165, 1.54) is 19.2 Å². The Morgan fingerprint density at radius 2 is 2.14 bits per heavy atom. The van der Waals surface area contributed by atoms with Gasteiger partial charge in [-0.25, -0.2) is 9.78 Å². The van der Waals surface area contributed by atoms with Crippen molar-refractivity contribution >= 4 is 50.4 Å². The summed E-state index contributed by atoms with van der Waals surface area (Å²) in [5.41, 5.74) is 3.26. The molecule has 1 saturated heterocycles. The summed E-state index contributed by atoms with van der Waals surface area (Å²) in [4.78, 5) is 44.1. The van der Waals surface area contributed by atoms with Gasteiger partial charge >= 0.3 is 16.4 Å². The number of carboxylic acid groups (broad SMARTS) is 1. The van der Waals surface area contributed by atoms with Gasteiger partial charge in [-0.2, -0.15) is 13.5 Å². The Balaban J connectivity index is 2.15. The molecule has 1 aromatic heterocycles. The van der Waals surface area contributed by atoms with Gasteiger partial charge in [-0.1, -0.05) is 5.16 Å². The molecule has 2 heterocycles. The standard InChI is InChI=1S/C12H15N5O9S2/c1-12(2,10(20)21)25-16-7(6-4-27-11(13)15-6)8(18)14-5-3-17(9(5)19)26-28(22,23)24/h4-5H,3H2,1-2H3,(H2,13,15)(H,14,18)(H,20,21)(H,22,23,24)/b16-7+/t5-/m0/s1. The summed E-state index contributed by atoms with van der Waals surface area (Å²) in [5.74, 6) is -3.26. The number of aliphatic carboxylic acids is 1. The number of oxime groups is 1. The number of aromatic nitrogens is 1. The van der Waals surface area contributed by atoms with Crippen LogP contribution in [0.4, 0.5) is 5.13 Å². The van der Waals surface area contributed by atoms with E-state index in [4.69, 9.17) is 20.2 Å². The molecule has 1 aliphatic rings. The van der Waals surface area contributed by atoms with Crippen molar-refractivity contribution < 1.29 is 41.6 Å². The highest BCUT2D eigenvalue weighted by Gasteiger charge is 2.42. The summed E-state index contributed by atoms with van der Waals surface area (Å²) in [7, 11) is -4.89. The molecule has 0 spiro atoms. The van der Waals surface area contributed by atoms with Crippen LogP contribution in [0, 0.1) is 0 Å². The van der Waals surface area contributed by atoms with Gasteiger partial charge in [0.25, 0.3) is 11.8 Å². The molecular weight excluding hydrogens is 422 g/mol. The molecule has 14 nitrogen and oxygen atoms in total. The van der Waals surface area contributed by atoms with Crippen LogP contribution in [0.5, 0.6) is 0 Å². The second kappa shape index (κ2) is 7.66. The van der Waals surface area contributed by atoms with Crippen LogP contribution < -0.4 is 11.1 Å². The van der Waals surface area contributed by atoms with Gasteiger partial charge in [0.2, 0.25) is 5.60 Å². The van der Waals surface area contributed by atoms with Gasteiger partial charge in [-0.3, -0.25) is 14.1 Å². The molecule has 16 heteroatoms. The number of hydrogen-bond donors (Lipinski definition) is 4. The summed E-state index contributed by atoms with van der Waals surface area (Å²) < 4.78 is 33.7. The van der Waals surface area contributed by atoms with E-state index in [1.807, 2.05) is 0 Å². The molecule has 0 saturated carbocycles. The minimum absolute atomic E-state index is 0.0287. The average Bonchev–Trinajstić information content (AvgIpc) is 2.98. The van der Waals surface area contributed by atoms with Crippen molar-refractivity contribution in [2.24, 2.45) is 5.16 Å². The molecule has 0 bridgehead atoms. The molecule has 1 fully saturated rings. The van der Waals surface area contributed by atoms with E-state index in [0.717, 1.165) is 11.3 Å². The highest BCUT2D eigenvalue weighted by atomic mass is 32.3. The highest BCUT2D eigenvalue weighted by Crippen LogP contribution is 2.17. The maximum atomic E-state index is 12.5. The normalized spacial score (nSPS) is 17.8. The van der Waals surface area contributed by atoms with Crippen molar-refractivity contribution in [3.8, 4) is 0 Å². The van der Waals surface area contributed by atoms with Crippen molar-refractivity contribution in [2.75, 3.05) is 12.3 Å². The van der Waals surface area contributed by atoms with Crippen molar-refractivity contribution in [3.05, 3.63) is 11.1 Å². The Morgan fingerprint density at radius 3 is 2.61 bits per heavy atom. The summed E-state index contributed by atoms with van der Waals surface area (Å²) in [5, 5.41) is 16.6. The molecule has 1 aliphatic heterocycles. The molecule has 2 rings (SSSR count). The molecule has 0 aliphatic carbocycles. The molecule has 0 radical (unpaired) electrons. The first-order chi connectivity index (χ1) is 12.8. The number of carboxylic acids is 1. The van der Waals surface area contributed by atoms with Gasteiger partial charge < -0.3 is 21.0 Å². The minimum atomic E-state index is -4.89. The van der Waals surface area contributed by atoms with Crippen LogP contribution in [0.2, 0.25) is 0 Å². The first-order valence-corrected chi connectivity index (χ1v) is 9.55. The Kier molecular flexibility index (Phi) is 5.88. The Morgan fingerprint density at radius 1 is 1.50 bits per heavy atom. The number of nitrogens with one attached hydrogen (secondary N) is 1. The van der Waals surface area contributed by atoms with Crippen LogP contribution in [0.25, 0.3) is 0 Å². The number of rotatable bonds is 8. The number of carbonyl (C=O) groups is 3. The number of nitrogen functional groups attached to an aromatic ring is 1. The maximum Gasteiger partial charge on any atom is 0.418 e. The van der Waals surface area contributed by atoms with Crippen LogP contribution in [0.15, 0.2) is 10.5 Å². The smallest absolute Gasteiger partial charge is 0.418 e. The second-order valence-electron chi connectivity index (χ2n) is 5.85. The predicted octanol–water partition coefficient (Wildman–Crippen LogP) is -1.63. The van der Waals surface area contributed by atoms with Gasteiger partial charge in [0.15, 0.2) is 10.8 Å². The Bertz CT molecular complexity index is 939. The van der Waals surface area contributed by atoms with Crippen LogP contribution in [0.1, 0.15) is 19.5 Å². The third-order valence-electron chi connectivity index (χ3n) is 3.24. The summed E-state index contributed by atoms with van der Waals surface area (Å²) in [6, 6.07) is -1.18. The second-order valence-corrected chi connectivity index (χ2v) is 7.74. The Hall–Kier alpha value is -2.82. The summed E-state index contributed by atoms with van der Waals surface area (Å²) in [6.45, 7) is 2.02. The molecule has 5 N–H and O–H groups in total. The number of nitrogens with zero attached hydrogens (tertiary/aromatic N) is 3.